The van der Waals surface area contributed by atoms with Crippen molar-refractivity contribution >= 4 is 32.9 Å². The molecule has 0 spiro atoms. The number of thiazole rings is 2. The molecule has 3 heterocycles. The molecule has 0 atom stereocenters. The fourth-order valence-corrected chi connectivity index (χ4v) is 2.54. The van der Waals surface area contributed by atoms with Gasteiger partial charge in [0.25, 0.3) is 0 Å². The van der Waals surface area contributed by atoms with Crippen LogP contribution in [0.3, 0.4) is 0 Å². The Labute approximate surface area is 99.2 Å². The maximum atomic E-state index is 4.44. The predicted octanol–water partition coefficient (Wildman–Crippen LogP) is 2.73. The first kappa shape index (κ1) is 9.49. The van der Waals surface area contributed by atoms with Crippen molar-refractivity contribution in [1.82, 2.24) is 20.2 Å². The van der Waals surface area contributed by atoms with Gasteiger partial charge in [-0.3, -0.25) is 5.10 Å². The van der Waals surface area contributed by atoms with Gasteiger partial charge in [0.2, 0.25) is 0 Å². The van der Waals surface area contributed by atoms with Gasteiger partial charge in [0.1, 0.15) is 0 Å². The quantitative estimate of drug-likeness (QED) is 0.749. The van der Waals surface area contributed by atoms with Crippen LogP contribution in [0.15, 0.2) is 29.4 Å². The van der Waals surface area contributed by atoms with Gasteiger partial charge >= 0.3 is 0 Å². The average Bonchev–Trinajstić information content (AvgIpc) is 2.99. The number of aromatic nitrogens is 4. The van der Waals surface area contributed by atoms with E-state index in [0.717, 1.165) is 21.5 Å². The number of anilines is 2. The zero-order chi connectivity index (χ0) is 10.8. The molecule has 0 unspecified atom stereocenters. The van der Waals surface area contributed by atoms with E-state index in [4.69, 9.17) is 0 Å². The van der Waals surface area contributed by atoms with E-state index in [1.54, 1.807) is 35.1 Å². The van der Waals surface area contributed by atoms with Gasteiger partial charge in [0.15, 0.2) is 10.3 Å². The lowest BCUT2D eigenvalue weighted by Gasteiger charge is -1.94. The van der Waals surface area contributed by atoms with Gasteiger partial charge in [0.05, 0.1) is 11.9 Å². The highest BCUT2D eigenvalue weighted by Crippen LogP contribution is 2.26. The third kappa shape index (κ3) is 1.82. The molecule has 0 bridgehead atoms. The molecule has 0 saturated carbocycles. The highest BCUT2D eigenvalue weighted by atomic mass is 32.1. The van der Waals surface area contributed by atoms with Gasteiger partial charge in [-0.25, -0.2) is 9.97 Å². The number of nitrogens with zero attached hydrogens (tertiary/aromatic N) is 3. The van der Waals surface area contributed by atoms with Crippen molar-refractivity contribution in [1.29, 1.82) is 0 Å². The second-order valence-corrected chi connectivity index (χ2v) is 4.74. The first-order valence-corrected chi connectivity index (χ1v) is 6.29. The van der Waals surface area contributed by atoms with Gasteiger partial charge in [-0.15, -0.1) is 22.7 Å². The third-order valence-corrected chi connectivity index (χ3v) is 3.39. The van der Waals surface area contributed by atoms with Crippen LogP contribution in [0.25, 0.3) is 11.3 Å². The Morgan fingerprint density at radius 1 is 1.25 bits per heavy atom. The van der Waals surface area contributed by atoms with E-state index in [1.807, 2.05) is 17.0 Å². The van der Waals surface area contributed by atoms with Gasteiger partial charge in [-0.2, -0.15) is 5.10 Å². The summed E-state index contributed by atoms with van der Waals surface area (Å²) in [5.74, 6) is 0. The Hall–Kier alpha value is -1.73. The minimum Gasteiger partial charge on any atom is -0.307 e. The zero-order valence-electron chi connectivity index (χ0n) is 8.04. The standard InChI is InChI=1S/C9H7N5S2/c1-2-15-8(10-1)14-9-13-7(5-16-9)6-3-11-12-4-6/h1-5H,(H,11,12)(H,10,13,14). The fraction of sp³-hybridized carbons (Fsp3) is 0. The molecule has 0 radical (unpaired) electrons. The summed E-state index contributed by atoms with van der Waals surface area (Å²) in [4.78, 5) is 8.58. The molecule has 16 heavy (non-hydrogen) atoms. The topological polar surface area (TPSA) is 66.5 Å². The van der Waals surface area contributed by atoms with Crippen molar-refractivity contribution in [2.24, 2.45) is 0 Å². The maximum absolute atomic E-state index is 4.44. The lowest BCUT2D eigenvalue weighted by Crippen LogP contribution is -1.87. The molecular weight excluding hydrogens is 242 g/mol. The van der Waals surface area contributed by atoms with Gasteiger partial charge in [-0.1, -0.05) is 0 Å². The molecule has 0 amide bonds. The van der Waals surface area contributed by atoms with Crippen molar-refractivity contribution < 1.29 is 0 Å². The summed E-state index contributed by atoms with van der Waals surface area (Å²) in [6, 6.07) is 0. The Bertz CT molecular complexity index is 555. The monoisotopic (exact) mass is 249 g/mol. The average molecular weight is 249 g/mol. The minimum absolute atomic E-state index is 0.839. The summed E-state index contributed by atoms with van der Waals surface area (Å²) in [5, 5.41) is 15.4. The van der Waals surface area contributed by atoms with Crippen molar-refractivity contribution in [2.75, 3.05) is 5.32 Å². The molecule has 0 saturated heterocycles. The van der Waals surface area contributed by atoms with E-state index in [9.17, 15) is 0 Å². The van der Waals surface area contributed by atoms with Gasteiger partial charge in [-0.05, 0) is 0 Å². The summed E-state index contributed by atoms with van der Waals surface area (Å²) in [7, 11) is 0. The first-order chi connectivity index (χ1) is 7.92. The Morgan fingerprint density at radius 3 is 3.00 bits per heavy atom. The number of rotatable bonds is 3. The van der Waals surface area contributed by atoms with Crippen molar-refractivity contribution in [3.8, 4) is 11.3 Å². The molecule has 80 valence electrons. The molecule has 3 aromatic heterocycles. The van der Waals surface area contributed by atoms with Crippen LogP contribution < -0.4 is 5.32 Å². The van der Waals surface area contributed by atoms with Crippen LogP contribution in [-0.2, 0) is 0 Å². The lowest BCUT2D eigenvalue weighted by molar-refractivity contribution is 1.09. The van der Waals surface area contributed by atoms with Crippen molar-refractivity contribution in [3.05, 3.63) is 29.4 Å². The second-order valence-electron chi connectivity index (χ2n) is 2.99. The number of nitrogens with one attached hydrogen (secondary N) is 2. The van der Waals surface area contributed by atoms with Crippen molar-refractivity contribution in [2.45, 2.75) is 0 Å². The number of hydrogen-bond donors (Lipinski definition) is 2. The lowest BCUT2D eigenvalue weighted by atomic mass is 10.3. The Morgan fingerprint density at radius 2 is 2.25 bits per heavy atom. The number of H-pyrrole nitrogens is 1. The van der Waals surface area contributed by atoms with E-state index in [0.29, 0.717) is 0 Å². The summed E-state index contributed by atoms with van der Waals surface area (Å²) < 4.78 is 0. The number of hydrogen-bond acceptors (Lipinski definition) is 6. The largest absolute Gasteiger partial charge is 0.307 e. The van der Waals surface area contributed by atoms with Crippen LogP contribution in [-0.4, -0.2) is 20.2 Å². The summed E-state index contributed by atoms with van der Waals surface area (Å²) in [5.41, 5.74) is 1.90. The van der Waals surface area contributed by atoms with E-state index in [1.165, 1.54) is 0 Å². The minimum atomic E-state index is 0.839. The first-order valence-electron chi connectivity index (χ1n) is 4.53. The van der Waals surface area contributed by atoms with Gasteiger partial charge in [0, 0.05) is 28.7 Å². The van der Waals surface area contributed by atoms with Crippen LogP contribution in [0.2, 0.25) is 0 Å². The van der Waals surface area contributed by atoms with Gasteiger partial charge < -0.3 is 5.32 Å². The molecular formula is C9H7N5S2. The molecule has 0 aliphatic rings. The molecule has 0 aromatic carbocycles. The molecule has 7 heteroatoms. The summed E-state index contributed by atoms with van der Waals surface area (Å²) >= 11 is 3.10. The van der Waals surface area contributed by atoms with Crippen LogP contribution in [0.4, 0.5) is 10.3 Å². The van der Waals surface area contributed by atoms with Crippen molar-refractivity contribution in [3.63, 3.8) is 0 Å². The zero-order valence-corrected chi connectivity index (χ0v) is 9.68. The molecule has 2 N–H and O–H groups in total. The Kier molecular flexibility index (Phi) is 2.39. The Balaban J connectivity index is 1.83. The molecule has 0 fully saturated rings. The fourth-order valence-electron chi connectivity index (χ4n) is 1.23. The normalized spacial score (nSPS) is 10.5. The van der Waals surface area contributed by atoms with E-state index in [-0.39, 0.29) is 0 Å². The van der Waals surface area contributed by atoms with Crippen LogP contribution in [0, 0.1) is 0 Å². The molecule has 0 aliphatic heterocycles. The SMILES string of the molecule is c1csc(Nc2nc(-c3cn[nH]c3)cs2)n1. The van der Waals surface area contributed by atoms with Crippen LogP contribution >= 0.6 is 22.7 Å². The molecule has 5 nitrogen and oxygen atoms in total. The highest BCUT2D eigenvalue weighted by molar-refractivity contribution is 7.16. The predicted molar refractivity (Wildman–Crippen MR) is 65.1 cm³/mol. The van der Waals surface area contributed by atoms with Crippen LogP contribution in [0.1, 0.15) is 0 Å². The third-order valence-electron chi connectivity index (χ3n) is 1.94. The van der Waals surface area contributed by atoms with E-state index in [2.05, 4.69) is 25.5 Å². The smallest absolute Gasteiger partial charge is 0.189 e. The molecule has 0 aliphatic carbocycles. The second kappa shape index (κ2) is 4.03. The molecule has 3 aromatic rings. The summed E-state index contributed by atoms with van der Waals surface area (Å²) in [6.07, 6.45) is 5.34. The molecule has 3 rings (SSSR count). The van der Waals surface area contributed by atoms with E-state index >= 15 is 0 Å². The van der Waals surface area contributed by atoms with E-state index < -0.39 is 0 Å². The van der Waals surface area contributed by atoms with Crippen LogP contribution in [0.5, 0.6) is 0 Å². The highest BCUT2D eigenvalue weighted by Gasteiger charge is 2.06. The maximum Gasteiger partial charge on any atom is 0.189 e. The number of aromatic amines is 1. The summed E-state index contributed by atoms with van der Waals surface area (Å²) in [6.45, 7) is 0.